The lowest BCUT2D eigenvalue weighted by molar-refractivity contribution is -0.149. The molecule has 0 radical (unpaired) electrons. The van der Waals surface area contributed by atoms with Crippen LogP contribution in [0.3, 0.4) is 0 Å². The Morgan fingerprint density at radius 1 is 1.28 bits per heavy atom. The van der Waals surface area contributed by atoms with Crippen molar-refractivity contribution in [1.82, 2.24) is 10.3 Å². The highest BCUT2D eigenvalue weighted by atomic mass is 32.1. The van der Waals surface area contributed by atoms with Gasteiger partial charge in [-0.2, -0.15) is 0 Å². The van der Waals surface area contributed by atoms with E-state index in [0.717, 1.165) is 23.4 Å². The molecule has 2 N–H and O–H groups in total. The number of rotatable bonds is 5. The average Bonchev–Trinajstić information content (AvgIpc) is 3.06. The molecule has 0 spiro atoms. The van der Waals surface area contributed by atoms with Gasteiger partial charge in [0.1, 0.15) is 10.5 Å². The van der Waals surface area contributed by atoms with Gasteiger partial charge >= 0.3 is 5.97 Å². The van der Waals surface area contributed by atoms with Crippen molar-refractivity contribution in [1.29, 1.82) is 0 Å². The number of nitrogens with zero attached hydrogens (tertiary/aromatic N) is 1. The summed E-state index contributed by atoms with van der Waals surface area (Å²) in [5, 5.41) is 15.1. The van der Waals surface area contributed by atoms with Crippen molar-refractivity contribution < 1.29 is 14.7 Å². The number of hydrogen-bond donors (Lipinski definition) is 2. The number of carbonyl (C=O) groups excluding carboxylic acids is 1. The fraction of sp³-hybridized carbons (Fsp3) is 0.421. The Morgan fingerprint density at radius 3 is 2.60 bits per heavy atom. The minimum absolute atomic E-state index is 0.105. The molecule has 2 aromatic rings. The lowest BCUT2D eigenvalue weighted by Crippen LogP contribution is -2.56. The van der Waals surface area contributed by atoms with Crippen molar-refractivity contribution in [3.05, 3.63) is 41.4 Å². The third kappa shape index (κ3) is 4.07. The highest BCUT2D eigenvalue weighted by molar-refractivity contribution is 7.13. The quantitative estimate of drug-likeness (QED) is 0.857. The first-order valence-corrected chi connectivity index (χ1v) is 9.41. The van der Waals surface area contributed by atoms with E-state index in [2.05, 4.69) is 17.2 Å². The Kier molecular flexibility index (Phi) is 5.18. The van der Waals surface area contributed by atoms with Crippen molar-refractivity contribution >= 4 is 23.2 Å². The van der Waals surface area contributed by atoms with Gasteiger partial charge in [0, 0.05) is 10.9 Å². The molecule has 1 aromatic carbocycles. The van der Waals surface area contributed by atoms with E-state index >= 15 is 0 Å². The summed E-state index contributed by atoms with van der Waals surface area (Å²) in [6.07, 6.45) is 2.72. The van der Waals surface area contributed by atoms with Crippen LogP contribution in [0.4, 0.5) is 0 Å². The van der Waals surface area contributed by atoms with Gasteiger partial charge in [-0.1, -0.05) is 37.3 Å². The van der Waals surface area contributed by atoms with Gasteiger partial charge in [0.15, 0.2) is 0 Å². The maximum Gasteiger partial charge on any atom is 0.329 e. The highest BCUT2D eigenvalue weighted by Gasteiger charge is 2.42. The molecular weight excluding hydrogens is 336 g/mol. The number of aromatic nitrogens is 1. The monoisotopic (exact) mass is 358 g/mol. The zero-order chi connectivity index (χ0) is 17.9. The van der Waals surface area contributed by atoms with E-state index in [-0.39, 0.29) is 12.3 Å². The third-order valence-corrected chi connectivity index (χ3v) is 5.77. The molecule has 1 saturated carbocycles. The van der Waals surface area contributed by atoms with Crippen molar-refractivity contribution in [3.8, 4) is 10.6 Å². The average molecular weight is 358 g/mol. The Labute approximate surface area is 151 Å². The van der Waals surface area contributed by atoms with Gasteiger partial charge in [-0.15, -0.1) is 11.3 Å². The second-order valence-electron chi connectivity index (χ2n) is 6.80. The van der Waals surface area contributed by atoms with Crippen molar-refractivity contribution in [3.63, 3.8) is 0 Å². The van der Waals surface area contributed by atoms with Crippen LogP contribution in [-0.4, -0.2) is 27.5 Å². The molecule has 6 heteroatoms. The minimum Gasteiger partial charge on any atom is -0.480 e. The number of carboxylic acids is 1. The number of hydrogen-bond acceptors (Lipinski definition) is 4. The Bertz CT molecular complexity index is 749. The molecule has 0 saturated heterocycles. The number of carboxylic acid groups (broad SMARTS) is 1. The predicted octanol–water partition coefficient (Wildman–Crippen LogP) is 3.50. The number of carbonyl (C=O) groups is 2. The topological polar surface area (TPSA) is 79.3 Å². The van der Waals surface area contributed by atoms with Crippen LogP contribution in [0.1, 0.15) is 38.3 Å². The molecule has 1 amide bonds. The van der Waals surface area contributed by atoms with Crippen LogP contribution in [-0.2, 0) is 16.0 Å². The lowest BCUT2D eigenvalue weighted by Gasteiger charge is -2.36. The summed E-state index contributed by atoms with van der Waals surface area (Å²) in [5.74, 6) is -0.700. The molecule has 0 atom stereocenters. The van der Waals surface area contributed by atoms with E-state index < -0.39 is 11.5 Å². The van der Waals surface area contributed by atoms with Crippen molar-refractivity contribution in [2.45, 2.75) is 44.6 Å². The molecule has 1 heterocycles. The maximum absolute atomic E-state index is 12.4. The molecule has 0 unspecified atom stereocenters. The molecule has 5 nitrogen and oxygen atoms in total. The van der Waals surface area contributed by atoms with E-state index in [0.29, 0.717) is 24.5 Å². The number of thiazole rings is 1. The zero-order valence-corrected chi connectivity index (χ0v) is 15.0. The standard InChI is InChI=1S/C19H22N2O3S/c1-13-7-9-19(10-8-13,18(23)24)21-16(22)11-15-12-25-17(20-15)14-5-3-2-4-6-14/h2-6,12-13H,7-11H2,1H3,(H,21,22)(H,23,24). The normalized spacial score (nSPS) is 23.2. The number of nitrogens with one attached hydrogen (secondary N) is 1. The van der Waals surface area contributed by atoms with E-state index in [1.54, 1.807) is 0 Å². The van der Waals surface area contributed by atoms with E-state index in [4.69, 9.17) is 0 Å². The summed E-state index contributed by atoms with van der Waals surface area (Å²) in [5.41, 5.74) is 0.565. The summed E-state index contributed by atoms with van der Waals surface area (Å²) in [6, 6.07) is 9.80. The molecule has 1 aromatic heterocycles. The molecule has 1 aliphatic rings. The summed E-state index contributed by atoms with van der Waals surface area (Å²) < 4.78 is 0. The van der Waals surface area contributed by atoms with Crippen LogP contribution in [0.5, 0.6) is 0 Å². The first-order chi connectivity index (χ1) is 12.0. The smallest absolute Gasteiger partial charge is 0.329 e. The second kappa shape index (κ2) is 7.35. The molecule has 0 aliphatic heterocycles. The Balaban J connectivity index is 1.66. The van der Waals surface area contributed by atoms with Crippen LogP contribution in [0.15, 0.2) is 35.7 Å². The lowest BCUT2D eigenvalue weighted by atomic mass is 9.77. The Hall–Kier alpha value is -2.21. The molecule has 132 valence electrons. The predicted molar refractivity (Wildman–Crippen MR) is 97.4 cm³/mol. The van der Waals surface area contributed by atoms with Crippen LogP contribution in [0, 0.1) is 5.92 Å². The van der Waals surface area contributed by atoms with Gasteiger partial charge in [0.2, 0.25) is 5.91 Å². The SMILES string of the molecule is CC1CCC(NC(=O)Cc2csc(-c3ccccc3)n2)(C(=O)O)CC1. The van der Waals surface area contributed by atoms with Gasteiger partial charge < -0.3 is 10.4 Å². The van der Waals surface area contributed by atoms with Gasteiger partial charge in [0.05, 0.1) is 12.1 Å². The van der Waals surface area contributed by atoms with Crippen LogP contribution in [0.2, 0.25) is 0 Å². The highest BCUT2D eigenvalue weighted by Crippen LogP contribution is 2.32. The van der Waals surface area contributed by atoms with Gasteiger partial charge in [-0.3, -0.25) is 4.79 Å². The second-order valence-corrected chi connectivity index (χ2v) is 7.66. The first-order valence-electron chi connectivity index (χ1n) is 8.53. The third-order valence-electron chi connectivity index (χ3n) is 4.83. The molecule has 1 fully saturated rings. The molecule has 25 heavy (non-hydrogen) atoms. The van der Waals surface area contributed by atoms with Crippen LogP contribution >= 0.6 is 11.3 Å². The minimum atomic E-state index is -1.12. The van der Waals surface area contributed by atoms with Gasteiger partial charge in [0.25, 0.3) is 0 Å². The largest absolute Gasteiger partial charge is 0.480 e. The first kappa shape index (κ1) is 17.6. The van der Waals surface area contributed by atoms with E-state index in [1.165, 1.54) is 11.3 Å². The maximum atomic E-state index is 12.4. The van der Waals surface area contributed by atoms with Crippen LogP contribution < -0.4 is 5.32 Å². The fourth-order valence-electron chi connectivity index (χ4n) is 3.22. The number of amides is 1. The van der Waals surface area contributed by atoms with Gasteiger partial charge in [-0.05, 0) is 31.6 Å². The molecule has 1 aliphatic carbocycles. The zero-order valence-electron chi connectivity index (χ0n) is 14.2. The van der Waals surface area contributed by atoms with E-state index in [9.17, 15) is 14.7 Å². The summed E-state index contributed by atoms with van der Waals surface area (Å²) in [4.78, 5) is 28.6. The van der Waals surface area contributed by atoms with Gasteiger partial charge in [-0.25, -0.2) is 9.78 Å². The van der Waals surface area contributed by atoms with Crippen molar-refractivity contribution in [2.75, 3.05) is 0 Å². The number of aliphatic carboxylic acids is 1. The van der Waals surface area contributed by atoms with Crippen molar-refractivity contribution in [2.24, 2.45) is 5.92 Å². The fourth-order valence-corrected chi connectivity index (χ4v) is 4.05. The summed E-state index contributed by atoms with van der Waals surface area (Å²) in [7, 11) is 0. The summed E-state index contributed by atoms with van der Waals surface area (Å²) >= 11 is 1.49. The summed E-state index contributed by atoms with van der Waals surface area (Å²) in [6.45, 7) is 2.12. The number of benzene rings is 1. The Morgan fingerprint density at radius 2 is 1.96 bits per heavy atom. The van der Waals surface area contributed by atoms with E-state index in [1.807, 2.05) is 35.7 Å². The molecule has 3 rings (SSSR count). The molecule has 0 bridgehead atoms. The molecular formula is C19H22N2O3S. The van der Waals surface area contributed by atoms with Crippen LogP contribution in [0.25, 0.3) is 10.6 Å².